The number of carbonyl (C=O) groups is 2. The third kappa shape index (κ3) is 3.58. The van der Waals surface area contributed by atoms with Crippen molar-refractivity contribution in [2.45, 2.75) is 25.4 Å². The van der Waals surface area contributed by atoms with Crippen molar-refractivity contribution in [1.82, 2.24) is 9.47 Å². The molecule has 1 atom stereocenters. The predicted octanol–water partition coefficient (Wildman–Crippen LogP) is 3.80. The van der Waals surface area contributed by atoms with E-state index in [1.165, 1.54) is 7.11 Å². The second-order valence-electron chi connectivity index (χ2n) is 7.20. The molecule has 1 saturated heterocycles. The van der Waals surface area contributed by atoms with Crippen molar-refractivity contribution in [2.75, 3.05) is 20.8 Å². The monoisotopic (exact) mass is 392 g/mol. The molecule has 1 aromatic heterocycles. The summed E-state index contributed by atoms with van der Waals surface area (Å²) in [4.78, 5) is 27.3. The van der Waals surface area contributed by atoms with Crippen LogP contribution in [0.2, 0.25) is 0 Å². The van der Waals surface area contributed by atoms with E-state index >= 15 is 0 Å². The van der Waals surface area contributed by atoms with Crippen LogP contribution >= 0.6 is 0 Å². The fraction of sp³-hybridized carbons (Fsp3) is 0.304. The van der Waals surface area contributed by atoms with Crippen LogP contribution < -0.4 is 4.74 Å². The van der Waals surface area contributed by atoms with Crippen LogP contribution in [0.1, 0.15) is 34.8 Å². The number of esters is 1. The molecule has 2 aromatic carbocycles. The van der Waals surface area contributed by atoms with Crippen LogP contribution in [0.5, 0.6) is 5.75 Å². The molecule has 1 aliphatic heterocycles. The first kappa shape index (κ1) is 19.1. The van der Waals surface area contributed by atoms with Gasteiger partial charge in [0, 0.05) is 23.6 Å². The second kappa shape index (κ2) is 7.99. The van der Waals surface area contributed by atoms with Crippen molar-refractivity contribution in [1.29, 1.82) is 0 Å². The van der Waals surface area contributed by atoms with Gasteiger partial charge in [-0.2, -0.15) is 0 Å². The molecule has 1 unspecified atom stereocenters. The molecule has 1 fully saturated rings. The van der Waals surface area contributed by atoms with Gasteiger partial charge < -0.3 is 18.9 Å². The lowest BCUT2D eigenvalue weighted by molar-refractivity contribution is -0.132. The molecular formula is C23H24N2O4. The Labute approximate surface area is 169 Å². The van der Waals surface area contributed by atoms with E-state index in [4.69, 9.17) is 9.47 Å². The lowest BCUT2D eigenvalue weighted by Crippen LogP contribution is -2.33. The average Bonchev–Trinajstić information content (AvgIpc) is 3.39. The van der Waals surface area contributed by atoms with E-state index in [0.29, 0.717) is 5.56 Å². The molecule has 150 valence electrons. The molecule has 4 rings (SSSR count). The number of fused-ring (bicyclic) bond motifs is 1. The molecule has 6 nitrogen and oxygen atoms in total. The summed E-state index contributed by atoms with van der Waals surface area (Å²) in [5, 5.41) is 0.790. The number of nitrogens with zero attached hydrogens (tertiary/aromatic N) is 2. The van der Waals surface area contributed by atoms with Gasteiger partial charge in [-0.1, -0.05) is 30.3 Å². The maximum Gasteiger partial charge on any atom is 0.340 e. The first-order valence-corrected chi connectivity index (χ1v) is 9.72. The summed E-state index contributed by atoms with van der Waals surface area (Å²) in [6, 6.07) is 15.5. The molecule has 6 heteroatoms. The third-order valence-corrected chi connectivity index (χ3v) is 5.55. The van der Waals surface area contributed by atoms with Gasteiger partial charge in [0.05, 0.1) is 25.8 Å². The van der Waals surface area contributed by atoms with Crippen molar-refractivity contribution in [3.63, 3.8) is 0 Å². The Morgan fingerprint density at radius 2 is 1.93 bits per heavy atom. The van der Waals surface area contributed by atoms with Crippen LogP contribution in [0.25, 0.3) is 10.9 Å². The fourth-order valence-corrected chi connectivity index (χ4v) is 4.15. The van der Waals surface area contributed by atoms with E-state index in [-0.39, 0.29) is 18.5 Å². The quantitative estimate of drug-likeness (QED) is 0.620. The lowest BCUT2D eigenvalue weighted by Gasteiger charge is -2.26. The number of likely N-dealkylation sites (tertiary alicyclic amines) is 1. The number of hydrogen-bond acceptors (Lipinski definition) is 4. The Balaban J connectivity index is 1.61. The van der Waals surface area contributed by atoms with Gasteiger partial charge in [0.25, 0.3) is 0 Å². The first-order valence-electron chi connectivity index (χ1n) is 9.72. The molecule has 0 N–H and O–H groups in total. The number of rotatable bonds is 5. The van der Waals surface area contributed by atoms with Crippen LogP contribution in [-0.4, -0.2) is 42.1 Å². The number of ether oxygens (including phenoxy) is 2. The van der Waals surface area contributed by atoms with E-state index in [2.05, 4.69) is 0 Å². The van der Waals surface area contributed by atoms with Crippen molar-refractivity contribution in [2.24, 2.45) is 0 Å². The molecule has 0 saturated carbocycles. The predicted molar refractivity (Wildman–Crippen MR) is 110 cm³/mol. The number of aromatic nitrogens is 1. The SMILES string of the molecule is COC(=O)c1cn(CC(=O)N2CCCC2c2cccc(OC)c2)c2ccccc12. The standard InChI is InChI=1S/C23H24N2O4/c1-28-17-8-5-7-16(13-17)20-11-6-12-25(20)22(26)15-24-14-19(23(27)29-2)18-9-3-4-10-21(18)24/h3-5,7-10,13-14,20H,6,11-12,15H2,1-2H3. The Kier molecular flexibility index (Phi) is 5.25. The highest BCUT2D eigenvalue weighted by Crippen LogP contribution is 2.34. The van der Waals surface area contributed by atoms with Crippen LogP contribution in [0, 0.1) is 0 Å². The summed E-state index contributed by atoms with van der Waals surface area (Å²) >= 11 is 0. The molecule has 29 heavy (non-hydrogen) atoms. The third-order valence-electron chi connectivity index (χ3n) is 5.55. The first-order chi connectivity index (χ1) is 14.1. The van der Waals surface area contributed by atoms with Crippen LogP contribution in [0.3, 0.4) is 0 Å². The Bertz CT molecular complexity index is 1060. The van der Waals surface area contributed by atoms with Gasteiger partial charge in [-0.15, -0.1) is 0 Å². The van der Waals surface area contributed by atoms with E-state index in [1.807, 2.05) is 58.0 Å². The van der Waals surface area contributed by atoms with Gasteiger partial charge >= 0.3 is 5.97 Å². The van der Waals surface area contributed by atoms with Gasteiger partial charge in [0.1, 0.15) is 12.3 Å². The Hall–Kier alpha value is -3.28. The largest absolute Gasteiger partial charge is 0.497 e. The minimum Gasteiger partial charge on any atom is -0.497 e. The van der Waals surface area contributed by atoms with E-state index in [9.17, 15) is 9.59 Å². The van der Waals surface area contributed by atoms with Crippen LogP contribution in [0.15, 0.2) is 54.7 Å². The molecule has 2 heterocycles. The average molecular weight is 392 g/mol. The number of benzene rings is 2. The van der Waals surface area contributed by atoms with Gasteiger partial charge in [-0.25, -0.2) is 4.79 Å². The number of hydrogen-bond donors (Lipinski definition) is 0. The topological polar surface area (TPSA) is 60.8 Å². The Morgan fingerprint density at radius 1 is 1.10 bits per heavy atom. The highest BCUT2D eigenvalue weighted by Gasteiger charge is 2.30. The molecule has 0 spiro atoms. The molecule has 0 radical (unpaired) electrons. The number of para-hydroxylation sites is 1. The van der Waals surface area contributed by atoms with Gasteiger partial charge in [-0.3, -0.25) is 4.79 Å². The molecule has 0 aliphatic carbocycles. The molecule has 0 bridgehead atoms. The molecule has 1 aliphatic rings. The number of methoxy groups -OCH3 is 2. The zero-order valence-corrected chi connectivity index (χ0v) is 16.6. The normalized spacial score (nSPS) is 16.2. The van der Waals surface area contributed by atoms with Crippen molar-refractivity contribution in [3.05, 3.63) is 65.9 Å². The minimum atomic E-state index is -0.400. The van der Waals surface area contributed by atoms with Crippen LogP contribution in [-0.2, 0) is 16.1 Å². The highest BCUT2D eigenvalue weighted by molar-refractivity contribution is 6.04. The highest BCUT2D eigenvalue weighted by atomic mass is 16.5. The van der Waals surface area contributed by atoms with Crippen molar-refractivity contribution < 1.29 is 19.1 Å². The van der Waals surface area contributed by atoms with E-state index in [0.717, 1.165) is 41.6 Å². The van der Waals surface area contributed by atoms with Gasteiger partial charge in [-0.05, 0) is 36.6 Å². The zero-order valence-electron chi connectivity index (χ0n) is 16.6. The van der Waals surface area contributed by atoms with Gasteiger partial charge in [0.2, 0.25) is 5.91 Å². The van der Waals surface area contributed by atoms with E-state index in [1.54, 1.807) is 13.3 Å². The Morgan fingerprint density at radius 3 is 2.72 bits per heavy atom. The summed E-state index contributed by atoms with van der Waals surface area (Å²) in [7, 11) is 3.01. The molecule has 1 amide bonds. The molecular weight excluding hydrogens is 368 g/mol. The number of carbonyl (C=O) groups excluding carboxylic acids is 2. The number of amides is 1. The lowest BCUT2D eigenvalue weighted by atomic mass is 10.0. The fourth-order valence-electron chi connectivity index (χ4n) is 4.15. The summed E-state index contributed by atoms with van der Waals surface area (Å²) in [6.45, 7) is 0.905. The summed E-state index contributed by atoms with van der Waals surface area (Å²) in [6.07, 6.45) is 3.61. The van der Waals surface area contributed by atoms with Crippen molar-refractivity contribution in [3.8, 4) is 5.75 Å². The van der Waals surface area contributed by atoms with Crippen molar-refractivity contribution >= 4 is 22.8 Å². The maximum absolute atomic E-state index is 13.2. The zero-order chi connectivity index (χ0) is 20.4. The summed E-state index contributed by atoms with van der Waals surface area (Å²) < 4.78 is 12.1. The summed E-state index contributed by atoms with van der Waals surface area (Å²) in [5.41, 5.74) is 2.41. The smallest absolute Gasteiger partial charge is 0.340 e. The second-order valence-corrected chi connectivity index (χ2v) is 7.20. The van der Waals surface area contributed by atoms with Gasteiger partial charge in [0.15, 0.2) is 0 Å². The van der Waals surface area contributed by atoms with E-state index < -0.39 is 5.97 Å². The maximum atomic E-state index is 13.2. The minimum absolute atomic E-state index is 0.0347. The molecule has 3 aromatic rings. The summed E-state index contributed by atoms with van der Waals surface area (Å²) in [5.74, 6) is 0.427. The van der Waals surface area contributed by atoms with Crippen LogP contribution in [0.4, 0.5) is 0 Å².